The van der Waals surface area contributed by atoms with Crippen molar-refractivity contribution in [2.45, 2.75) is 50.1 Å². The Morgan fingerprint density at radius 2 is 1.75 bits per heavy atom. The van der Waals surface area contributed by atoms with Crippen molar-refractivity contribution in [2.75, 3.05) is 13.7 Å². The van der Waals surface area contributed by atoms with E-state index in [1.807, 2.05) is 42.5 Å². The van der Waals surface area contributed by atoms with Gasteiger partial charge in [0.05, 0.1) is 19.1 Å². The van der Waals surface area contributed by atoms with E-state index in [2.05, 4.69) is 4.98 Å². The van der Waals surface area contributed by atoms with Gasteiger partial charge in [0, 0.05) is 11.4 Å². The van der Waals surface area contributed by atoms with Crippen molar-refractivity contribution in [3.8, 4) is 5.75 Å². The van der Waals surface area contributed by atoms with Gasteiger partial charge in [-0.1, -0.05) is 42.5 Å². The molecule has 214 valence electrons. The second kappa shape index (κ2) is 11.6. The number of thiazole rings is 1. The molecule has 40 heavy (non-hydrogen) atoms. The number of nitrogens with zero attached hydrogens (tertiary/aromatic N) is 2. The van der Waals surface area contributed by atoms with Gasteiger partial charge < -0.3 is 9.64 Å². The van der Waals surface area contributed by atoms with Crippen LogP contribution in [0.4, 0.5) is 13.2 Å². The van der Waals surface area contributed by atoms with Gasteiger partial charge in [-0.2, -0.15) is 21.6 Å². The molecule has 0 radical (unpaired) electrons. The van der Waals surface area contributed by atoms with Crippen LogP contribution >= 0.6 is 11.3 Å². The Balaban J connectivity index is 1.55. The van der Waals surface area contributed by atoms with Gasteiger partial charge in [-0.05, 0) is 55.9 Å². The molecule has 1 saturated carbocycles. The van der Waals surface area contributed by atoms with Gasteiger partial charge in [0.1, 0.15) is 16.5 Å². The van der Waals surface area contributed by atoms with Crippen molar-refractivity contribution in [1.82, 2.24) is 14.6 Å². The van der Waals surface area contributed by atoms with E-state index in [9.17, 15) is 31.2 Å². The Kier molecular flexibility index (Phi) is 8.55. The molecule has 1 aliphatic carbocycles. The van der Waals surface area contributed by atoms with Gasteiger partial charge in [0.2, 0.25) is 5.91 Å². The van der Waals surface area contributed by atoms with Crippen LogP contribution in [0, 0.1) is 6.92 Å². The first-order valence-corrected chi connectivity index (χ1v) is 14.7. The first-order valence-electron chi connectivity index (χ1n) is 12.4. The number of nitrogens with one attached hydrogen (secondary N) is 1. The third-order valence-corrected chi connectivity index (χ3v) is 8.76. The van der Waals surface area contributed by atoms with E-state index in [1.165, 1.54) is 6.92 Å². The summed E-state index contributed by atoms with van der Waals surface area (Å²) in [5.41, 5.74) is -4.80. The van der Waals surface area contributed by atoms with Crippen LogP contribution in [-0.2, 0) is 33.2 Å². The van der Waals surface area contributed by atoms with Crippen LogP contribution in [0.25, 0.3) is 0 Å². The van der Waals surface area contributed by atoms with Crippen molar-refractivity contribution in [2.24, 2.45) is 0 Å². The molecule has 1 fully saturated rings. The van der Waals surface area contributed by atoms with Crippen LogP contribution in [-0.4, -0.2) is 49.3 Å². The Bertz CT molecular complexity index is 1470. The summed E-state index contributed by atoms with van der Waals surface area (Å²) in [7, 11) is -4.32. The average Bonchev–Trinajstić information content (AvgIpc) is 3.64. The molecular weight excluding hydrogens is 567 g/mol. The number of sulfonamides is 1. The predicted octanol–water partition coefficient (Wildman–Crippen LogP) is 4.73. The van der Waals surface area contributed by atoms with Crippen LogP contribution in [0.2, 0.25) is 0 Å². The molecule has 0 spiro atoms. The van der Waals surface area contributed by atoms with Crippen molar-refractivity contribution in [3.63, 3.8) is 0 Å². The Morgan fingerprint density at radius 3 is 2.33 bits per heavy atom. The van der Waals surface area contributed by atoms with E-state index in [0.717, 1.165) is 33.6 Å². The van der Waals surface area contributed by atoms with Crippen molar-refractivity contribution < 1.29 is 35.9 Å². The summed E-state index contributed by atoms with van der Waals surface area (Å²) in [4.78, 5) is 32.3. The fraction of sp³-hybridized carbons (Fsp3) is 0.370. The van der Waals surface area contributed by atoms with E-state index in [0.29, 0.717) is 36.6 Å². The van der Waals surface area contributed by atoms with Crippen molar-refractivity contribution in [1.29, 1.82) is 0 Å². The molecule has 1 aliphatic rings. The average molecular weight is 596 g/mol. The Hall–Kier alpha value is -3.45. The predicted molar refractivity (Wildman–Crippen MR) is 143 cm³/mol. The molecule has 0 saturated heterocycles. The SMILES string of the molecule is COc1ccc(C2(C(=O)N(CCCc3ccccc3)Cc3nc(C(=O)NS(=O)(=O)C(F)(F)F)c(C)s3)CC2)cc1. The zero-order chi connectivity index (χ0) is 29.1. The smallest absolute Gasteiger partial charge is 0.497 e. The van der Waals surface area contributed by atoms with Gasteiger partial charge in [0.25, 0.3) is 5.91 Å². The highest BCUT2D eigenvalue weighted by Crippen LogP contribution is 2.50. The molecule has 8 nitrogen and oxygen atoms in total. The number of carbonyl (C=O) groups excluding carboxylic acids is 2. The summed E-state index contributed by atoms with van der Waals surface area (Å²) in [5, 5.41) is 0.311. The number of amides is 2. The first-order chi connectivity index (χ1) is 18.9. The first kappa shape index (κ1) is 29.5. The van der Waals surface area contributed by atoms with Gasteiger partial charge in [-0.15, -0.1) is 11.3 Å². The molecule has 0 unspecified atom stereocenters. The lowest BCUT2D eigenvalue weighted by Crippen LogP contribution is -2.40. The van der Waals surface area contributed by atoms with Crippen molar-refractivity contribution in [3.05, 3.63) is 81.3 Å². The summed E-state index contributed by atoms with van der Waals surface area (Å²) in [5.74, 6) is -0.913. The zero-order valence-electron chi connectivity index (χ0n) is 21.8. The standard InChI is InChI=1S/C27H28F3N3O5S2/c1-18-23(24(34)32-40(36,37)27(28,29)30)31-22(39-18)17-33(16-6-9-19-7-4-3-5-8-19)25(35)26(14-15-26)20-10-12-21(38-2)13-11-20/h3-5,7-8,10-13H,6,9,14-17H2,1-2H3,(H,32,34). The minimum absolute atomic E-state index is 0.0241. The molecule has 4 rings (SSSR count). The second-order valence-electron chi connectivity index (χ2n) is 9.52. The van der Waals surface area contributed by atoms with Crippen LogP contribution in [0.1, 0.15) is 50.8 Å². The van der Waals surface area contributed by atoms with Gasteiger partial charge in [-0.25, -0.2) is 9.71 Å². The van der Waals surface area contributed by atoms with E-state index < -0.39 is 32.5 Å². The number of aryl methyl sites for hydroxylation is 2. The quantitative estimate of drug-likeness (QED) is 0.344. The maximum atomic E-state index is 13.9. The number of rotatable bonds is 11. The van der Waals surface area contributed by atoms with Gasteiger partial charge in [-0.3, -0.25) is 9.59 Å². The number of halogens is 3. The van der Waals surface area contributed by atoms with E-state index >= 15 is 0 Å². The molecule has 1 heterocycles. The largest absolute Gasteiger partial charge is 0.516 e. The van der Waals surface area contributed by atoms with Crippen LogP contribution < -0.4 is 9.46 Å². The van der Waals surface area contributed by atoms with Crippen LogP contribution in [0.3, 0.4) is 0 Å². The maximum absolute atomic E-state index is 13.9. The fourth-order valence-corrected chi connectivity index (χ4v) is 5.86. The Labute approximate surface area is 234 Å². The zero-order valence-corrected chi connectivity index (χ0v) is 23.5. The minimum Gasteiger partial charge on any atom is -0.497 e. The topological polar surface area (TPSA) is 106 Å². The normalized spacial score (nSPS) is 14.4. The van der Waals surface area contributed by atoms with Crippen molar-refractivity contribution >= 4 is 33.2 Å². The van der Waals surface area contributed by atoms with E-state index in [4.69, 9.17) is 4.74 Å². The lowest BCUT2D eigenvalue weighted by molar-refractivity contribution is -0.134. The molecule has 13 heteroatoms. The maximum Gasteiger partial charge on any atom is 0.516 e. The summed E-state index contributed by atoms with van der Waals surface area (Å²) >= 11 is 1.03. The minimum atomic E-state index is -5.88. The van der Waals surface area contributed by atoms with Crippen LogP contribution in [0.5, 0.6) is 5.75 Å². The van der Waals surface area contributed by atoms with Gasteiger partial charge >= 0.3 is 15.5 Å². The highest BCUT2D eigenvalue weighted by molar-refractivity contribution is 7.90. The lowest BCUT2D eigenvalue weighted by atomic mass is 9.94. The number of ether oxygens (including phenoxy) is 1. The van der Waals surface area contributed by atoms with E-state index in [-0.39, 0.29) is 17.3 Å². The number of aromatic nitrogens is 1. The molecule has 2 amide bonds. The third-order valence-electron chi connectivity index (χ3n) is 6.74. The highest BCUT2D eigenvalue weighted by atomic mass is 32.2. The number of methoxy groups -OCH3 is 1. The summed E-state index contributed by atoms with van der Waals surface area (Å²) in [6.45, 7) is 1.86. The number of alkyl halides is 3. The monoisotopic (exact) mass is 595 g/mol. The molecule has 0 bridgehead atoms. The lowest BCUT2D eigenvalue weighted by Gasteiger charge is -2.27. The summed E-state index contributed by atoms with van der Waals surface area (Å²) < 4.78 is 67.3. The summed E-state index contributed by atoms with van der Waals surface area (Å²) in [6.07, 6.45) is 2.69. The Morgan fingerprint density at radius 1 is 1.10 bits per heavy atom. The number of hydrogen-bond donors (Lipinski definition) is 1. The molecule has 1 aromatic heterocycles. The van der Waals surface area contributed by atoms with Crippen LogP contribution in [0.15, 0.2) is 54.6 Å². The molecule has 2 aromatic carbocycles. The molecule has 0 atom stereocenters. The highest BCUT2D eigenvalue weighted by Gasteiger charge is 2.53. The number of benzene rings is 2. The molecule has 0 aliphatic heterocycles. The van der Waals surface area contributed by atoms with Gasteiger partial charge in [0.15, 0.2) is 0 Å². The van der Waals surface area contributed by atoms with E-state index in [1.54, 1.807) is 24.1 Å². The fourth-order valence-electron chi connectivity index (χ4n) is 4.46. The number of carbonyl (C=O) groups is 2. The third kappa shape index (κ3) is 6.47. The molecule has 1 N–H and O–H groups in total. The molecule has 3 aromatic rings. The number of hydrogen-bond acceptors (Lipinski definition) is 7. The summed E-state index contributed by atoms with van der Waals surface area (Å²) in [6, 6.07) is 17.1. The molecular formula is C27H28F3N3O5S2. The second-order valence-corrected chi connectivity index (χ2v) is 12.5.